The van der Waals surface area contributed by atoms with Gasteiger partial charge in [-0.1, -0.05) is 18.2 Å². The van der Waals surface area contributed by atoms with Gasteiger partial charge in [0.1, 0.15) is 0 Å². The highest BCUT2D eigenvalue weighted by Crippen LogP contribution is 2.25. The molecule has 2 rings (SSSR count). The van der Waals surface area contributed by atoms with Crippen LogP contribution in [0, 0.1) is 5.82 Å². The maximum absolute atomic E-state index is 13.3. The van der Waals surface area contributed by atoms with E-state index in [0.29, 0.717) is 11.1 Å². The average molecular weight is 259 g/mol. The van der Waals surface area contributed by atoms with Gasteiger partial charge in [0.15, 0.2) is 11.6 Å². The molecule has 0 saturated heterocycles. The molecule has 0 radical (unpaired) electrons. The summed E-state index contributed by atoms with van der Waals surface area (Å²) in [4.78, 5) is 13.2. The van der Waals surface area contributed by atoms with E-state index in [9.17, 15) is 9.18 Å². The van der Waals surface area contributed by atoms with Crippen molar-refractivity contribution in [2.75, 3.05) is 14.1 Å². The summed E-state index contributed by atoms with van der Waals surface area (Å²) in [7, 11) is 3.37. The highest BCUT2D eigenvalue weighted by molar-refractivity contribution is 5.94. The van der Waals surface area contributed by atoms with E-state index in [4.69, 9.17) is 5.11 Å². The minimum absolute atomic E-state index is 0.0802. The van der Waals surface area contributed by atoms with Gasteiger partial charge >= 0.3 is 0 Å². The molecule has 0 aliphatic carbocycles. The minimum atomic E-state index is -0.661. The van der Waals surface area contributed by atoms with Crippen LogP contribution in [0.1, 0.15) is 10.4 Å². The van der Waals surface area contributed by atoms with E-state index < -0.39 is 5.82 Å². The largest absolute Gasteiger partial charge is 0.505 e. The first kappa shape index (κ1) is 13.1. The zero-order valence-corrected chi connectivity index (χ0v) is 10.7. The fourth-order valence-corrected chi connectivity index (χ4v) is 1.75. The molecule has 98 valence electrons. The number of aromatic hydroxyl groups is 1. The molecule has 1 amide bonds. The van der Waals surface area contributed by atoms with Crippen molar-refractivity contribution in [3.05, 3.63) is 53.8 Å². The number of rotatable bonds is 2. The Morgan fingerprint density at radius 2 is 1.63 bits per heavy atom. The van der Waals surface area contributed by atoms with E-state index in [1.54, 1.807) is 44.4 Å². The molecule has 1 N–H and O–H groups in total. The Morgan fingerprint density at radius 3 is 2.16 bits per heavy atom. The summed E-state index contributed by atoms with van der Waals surface area (Å²) in [6.45, 7) is 0. The van der Waals surface area contributed by atoms with E-state index in [-0.39, 0.29) is 11.7 Å². The third-order valence-corrected chi connectivity index (χ3v) is 2.82. The van der Waals surface area contributed by atoms with E-state index in [1.807, 2.05) is 0 Å². The van der Waals surface area contributed by atoms with E-state index in [0.717, 1.165) is 5.56 Å². The van der Waals surface area contributed by atoms with Gasteiger partial charge in [0.25, 0.3) is 5.91 Å². The molecule has 4 heteroatoms. The Kier molecular flexibility index (Phi) is 3.51. The van der Waals surface area contributed by atoms with Gasteiger partial charge in [0, 0.05) is 19.7 Å². The normalized spacial score (nSPS) is 10.3. The van der Waals surface area contributed by atoms with E-state index in [1.165, 1.54) is 17.0 Å². The summed E-state index contributed by atoms with van der Waals surface area (Å²) >= 11 is 0. The molecule has 0 heterocycles. The molecule has 2 aromatic rings. The molecule has 0 unspecified atom stereocenters. The smallest absolute Gasteiger partial charge is 0.253 e. The zero-order chi connectivity index (χ0) is 14.0. The molecule has 2 aromatic carbocycles. The fourth-order valence-electron chi connectivity index (χ4n) is 1.75. The van der Waals surface area contributed by atoms with Crippen molar-refractivity contribution in [3.63, 3.8) is 0 Å². The lowest BCUT2D eigenvalue weighted by Crippen LogP contribution is -2.21. The molecule has 0 fully saturated rings. The van der Waals surface area contributed by atoms with Crippen molar-refractivity contribution in [2.24, 2.45) is 0 Å². The van der Waals surface area contributed by atoms with Crippen LogP contribution in [0.4, 0.5) is 4.39 Å². The van der Waals surface area contributed by atoms with Crippen molar-refractivity contribution < 1.29 is 14.3 Å². The number of carbonyl (C=O) groups is 1. The average Bonchev–Trinajstić information content (AvgIpc) is 2.41. The van der Waals surface area contributed by atoms with Crippen molar-refractivity contribution in [1.29, 1.82) is 0 Å². The number of halogens is 1. The number of carbonyl (C=O) groups excluding carboxylic acids is 1. The second-order valence-corrected chi connectivity index (χ2v) is 4.44. The highest BCUT2D eigenvalue weighted by atomic mass is 19.1. The second-order valence-electron chi connectivity index (χ2n) is 4.44. The molecule has 0 saturated carbocycles. The first-order chi connectivity index (χ1) is 8.99. The Morgan fingerprint density at radius 1 is 1.05 bits per heavy atom. The summed E-state index contributed by atoms with van der Waals surface area (Å²) < 4.78 is 13.3. The van der Waals surface area contributed by atoms with E-state index in [2.05, 4.69) is 0 Å². The molecule has 0 aliphatic heterocycles. The van der Waals surface area contributed by atoms with Gasteiger partial charge in [-0.25, -0.2) is 4.39 Å². The lowest BCUT2D eigenvalue weighted by atomic mass is 10.0. The van der Waals surface area contributed by atoms with Crippen LogP contribution in [-0.4, -0.2) is 30.0 Å². The topological polar surface area (TPSA) is 40.5 Å². The van der Waals surface area contributed by atoms with Crippen molar-refractivity contribution >= 4 is 5.91 Å². The number of benzene rings is 2. The first-order valence-corrected chi connectivity index (χ1v) is 5.79. The SMILES string of the molecule is CN(C)C(=O)c1ccc(-c2ccc(O)c(F)c2)cc1. The van der Waals surface area contributed by atoms with Crippen molar-refractivity contribution in [1.82, 2.24) is 4.90 Å². The van der Waals surface area contributed by atoms with Crippen LogP contribution in [-0.2, 0) is 0 Å². The summed E-state index contributed by atoms with van der Waals surface area (Å²) in [5, 5.41) is 9.14. The van der Waals surface area contributed by atoms with Gasteiger partial charge in [0.05, 0.1) is 0 Å². The van der Waals surface area contributed by atoms with Crippen molar-refractivity contribution in [3.8, 4) is 16.9 Å². The predicted octanol–water partition coefficient (Wildman–Crippen LogP) is 2.90. The van der Waals surface area contributed by atoms with Gasteiger partial charge in [-0.3, -0.25) is 4.79 Å². The number of amides is 1. The molecule has 19 heavy (non-hydrogen) atoms. The Hall–Kier alpha value is -2.36. The maximum atomic E-state index is 13.3. The van der Waals surface area contributed by atoms with Crippen LogP contribution in [0.25, 0.3) is 11.1 Å². The van der Waals surface area contributed by atoms with Crippen molar-refractivity contribution in [2.45, 2.75) is 0 Å². The van der Waals surface area contributed by atoms with Gasteiger partial charge < -0.3 is 10.0 Å². The number of phenolic OH excluding ortho intramolecular Hbond substituents is 1. The summed E-state index contributed by atoms with van der Waals surface area (Å²) in [5.74, 6) is -1.11. The van der Waals surface area contributed by atoms with Crippen LogP contribution in [0.2, 0.25) is 0 Å². The number of phenols is 1. The molecular weight excluding hydrogens is 245 g/mol. The van der Waals surface area contributed by atoms with Gasteiger partial charge in [-0.15, -0.1) is 0 Å². The Labute approximate surface area is 110 Å². The fraction of sp³-hybridized carbons (Fsp3) is 0.133. The molecular formula is C15H14FNO2. The monoisotopic (exact) mass is 259 g/mol. The lowest BCUT2D eigenvalue weighted by Gasteiger charge is -2.10. The van der Waals surface area contributed by atoms with Crippen LogP contribution in [0.5, 0.6) is 5.75 Å². The molecule has 0 aliphatic rings. The molecule has 0 atom stereocenters. The quantitative estimate of drug-likeness (QED) is 0.900. The van der Waals surface area contributed by atoms with Crippen LogP contribution in [0.3, 0.4) is 0 Å². The first-order valence-electron chi connectivity index (χ1n) is 5.79. The number of hydrogen-bond donors (Lipinski definition) is 1. The summed E-state index contributed by atoms with van der Waals surface area (Å²) in [6, 6.07) is 11.1. The van der Waals surface area contributed by atoms with Gasteiger partial charge in [0.2, 0.25) is 0 Å². The molecule has 0 bridgehead atoms. The molecule has 0 aromatic heterocycles. The third-order valence-electron chi connectivity index (χ3n) is 2.82. The molecule has 0 spiro atoms. The van der Waals surface area contributed by atoms with Crippen LogP contribution in [0.15, 0.2) is 42.5 Å². The summed E-state index contributed by atoms with van der Waals surface area (Å²) in [5.41, 5.74) is 2.02. The Bertz CT molecular complexity index is 606. The number of hydrogen-bond acceptors (Lipinski definition) is 2. The molecule has 3 nitrogen and oxygen atoms in total. The zero-order valence-electron chi connectivity index (χ0n) is 10.7. The van der Waals surface area contributed by atoms with Gasteiger partial charge in [-0.2, -0.15) is 0 Å². The minimum Gasteiger partial charge on any atom is -0.505 e. The standard InChI is InChI=1S/C15H14FNO2/c1-17(2)15(19)11-5-3-10(4-6-11)12-7-8-14(18)13(16)9-12/h3-9,18H,1-2H3. The van der Waals surface area contributed by atoms with E-state index >= 15 is 0 Å². The van der Waals surface area contributed by atoms with Gasteiger partial charge in [-0.05, 0) is 35.4 Å². The number of nitrogens with zero attached hydrogens (tertiary/aromatic N) is 1. The predicted molar refractivity (Wildman–Crippen MR) is 71.5 cm³/mol. The Balaban J connectivity index is 2.32. The highest BCUT2D eigenvalue weighted by Gasteiger charge is 2.08. The maximum Gasteiger partial charge on any atom is 0.253 e. The lowest BCUT2D eigenvalue weighted by molar-refractivity contribution is 0.0827. The van der Waals surface area contributed by atoms with Crippen LogP contribution < -0.4 is 0 Å². The van der Waals surface area contributed by atoms with Crippen LogP contribution >= 0.6 is 0 Å². The second kappa shape index (κ2) is 5.10. The summed E-state index contributed by atoms with van der Waals surface area (Å²) in [6.07, 6.45) is 0. The third kappa shape index (κ3) is 2.73.